The molecule has 0 bridgehead atoms. The van der Waals surface area contributed by atoms with E-state index in [-0.39, 0.29) is 11.3 Å². The molecule has 0 N–H and O–H groups in total. The number of nitrogens with zero attached hydrogens (tertiary/aromatic N) is 3. The lowest BCUT2D eigenvalue weighted by atomic mass is 9.77. The van der Waals surface area contributed by atoms with Crippen LogP contribution >= 0.6 is 15.9 Å². The molecule has 1 aliphatic heterocycles. The number of anilines is 1. The van der Waals surface area contributed by atoms with E-state index >= 15 is 0 Å². The number of benzene rings is 2. The highest BCUT2D eigenvalue weighted by atomic mass is 79.9. The topological polar surface area (TPSA) is 38.1 Å². The fourth-order valence-corrected chi connectivity index (χ4v) is 4.04. The summed E-state index contributed by atoms with van der Waals surface area (Å²) in [6, 6.07) is 14.1. The van der Waals surface area contributed by atoms with Crippen molar-refractivity contribution < 1.29 is 4.79 Å². The lowest BCUT2D eigenvalue weighted by molar-refractivity contribution is 0.0975. The van der Waals surface area contributed by atoms with E-state index in [1.165, 1.54) is 5.56 Å². The summed E-state index contributed by atoms with van der Waals surface area (Å²) in [4.78, 5) is 15.3. The van der Waals surface area contributed by atoms with Crippen LogP contribution in [0.3, 0.4) is 0 Å². The average Bonchev–Trinajstić information content (AvgIpc) is 2.89. The van der Waals surface area contributed by atoms with E-state index in [2.05, 4.69) is 40.9 Å². The second-order valence-corrected chi connectivity index (χ2v) is 8.16. The van der Waals surface area contributed by atoms with Crippen molar-refractivity contribution in [2.24, 2.45) is 7.05 Å². The number of amides is 1. The molecule has 5 heteroatoms. The Kier molecular flexibility index (Phi) is 3.72. The molecule has 0 fully saturated rings. The van der Waals surface area contributed by atoms with Crippen molar-refractivity contribution in [2.45, 2.75) is 25.7 Å². The number of para-hydroxylation sites is 1. The predicted molar refractivity (Wildman–Crippen MR) is 104 cm³/mol. The highest BCUT2D eigenvalue weighted by Crippen LogP contribution is 2.40. The van der Waals surface area contributed by atoms with Gasteiger partial charge in [0.25, 0.3) is 5.91 Å². The zero-order valence-electron chi connectivity index (χ0n) is 14.6. The summed E-state index contributed by atoms with van der Waals surface area (Å²) in [5.41, 5.74) is 3.77. The van der Waals surface area contributed by atoms with E-state index in [1.807, 2.05) is 48.3 Å². The molecule has 2 aromatic carbocycles. The average molecular weight is 398 g/mol. The summed E-state index contributed by atoms with van der Waals surface area (Å²) in [6.07, 6.45) is 0.942. The minimum Gasteiger partial charge on any atom is -0.307 e. The Morgan fingerprint density at radius 2 is 1.96 bits per heavy atom. The first-order valence-electron chi connectivity index (χ1n) is 8.42. The first kappa shape index (κ1) is 16.3. The molecule has 1 amide bonds. The first-order valence-corrected chi connectivity index (χ1v) is 9.21. The smallest absolute Gasteiger partial charge is 0.277 e. The number of aromatic nitrogens is 2. The van der Waals surface area contributed by atoms with Crippen LogP contribution in [-0.4, -0.2) is 22.2 Å². The van der Waals surface area contributed by atoms with Crippen molar-refractivity contribution in [2.75, 3.05) is 11.4 Å². The lowest BCUT2D eigenvalue weighted by Gasteiger charge is -2.39. The van der Waals surface area contributed by atoms with Gasteiger partial charge in [0.1, 0.15) is 5.69 Å². The van der Waals surface area contributed by atoms with Crippen molar-refractivity contribution in [3.05, 3.63) is 58.2 Å². The van der Waals surface area contributed by atoms with Crippen molar-refractivity contribution in [3.8, 4) is 0 Å². The van der Waals surface area contributed by atoms with Crippen LogP contribution in [0.4, 0.5) is 5.69 Å². The van der Waals surface area contributed by atoms with E-state index in [0.717, 1.165) is 27.5 Å². The molecule has 4 rings (SSSR count). The number of carbonyl (C=O) groups excluding carboxylic acids is 1. The minimum absolute atomic E-state index is 0.00951. The van der Waals surface area contributed by atoms with Crippen molar-refractivity contribution in [1.29, 1.82) is 0 Å². The highest BCUT2D eigenvalue weighted by Gasteiger charge is 2.35. The zero-order valence-corrected chi connectivity index (χ0v) is 16.2. The first-order chi connectivity index (χ1) is 11.9. The summed E-state index contributed by atoms with van der Waals surface area (Å²) < 4.78 is 2.66. The Balaban J connectivity index is 1.84. The number of aryl methyl sites for hydroxylation is 1. The maximum Gasteiger partial charge on any atom is 0.277 e. The summed E-state index contributed by atoms with van der Waals surface area (Å²) in [6.45, 7) is 5.20. The predicted octanol–water partition coefficient (Wildman–Crippen LogP) is 4.66. The number of hydrogen-bond acceptors (Lipinski definition) is 2. The monoisotopic (exact) mass is 397 g/mol. The number of rotatable bonds is 1. The van der Waals surface area contributed by atoms with Gasteiger partial charge < -0.3 is 4.90 Å². The van der Waals surface area contributed by atoms with E-state index in [9.17, 15) is 4.79 Å². The van der Waals surface area contributed by atoms with Gasteiger partial charge in [0, 0.05) is 29.1 Å². The van der Waals surface area contributed by atoms with Crippen LogP contribution in [-0.2, 0) is 12.5 Å². The Labute approximate surface area is 155 Å². The van der Waals surface area contributed by atoms with Gasteiger partial charge in [-0.05, 0) is 41.7 Å². The zero-order chi connectivity index (χ0) is 17.8. The molecule has 0 unspecified atom stereocenters. The quantitative estimate of drug-likeness (QED) is 0.598. The minimum atomic E-state index is 0.00951. The third-order valence-corrected chi connectivity index (χ3v) is 5.62. The molecule has 4 nitrogen and oxygen atoms in total. The molecule has 128 valence electrons. The van der Waals surface area contributed by atoms with Gasteiger partial charge in [-0.2, -0.15) is 5.10 Å². The van der Waals surface area contributed by atoms with Gasteiger partial charge in [-0.3, -0.25) is 9.48 Å². The lowest BCUT2D eigenvalue weighted by Crippen LogP contribution is -2.41. The van der Waals surface area contributed by atoms with Crippen LogP contribution < -0.4 is 4.90 Å². The Hall–Kier alpha value is -2.14. The molecule has 25 heavy (non-hydrogen) atoms. The molecule has 0 spiro atoms. The third kappa shape index (κ3) is 2.58. The van der Waals surface area contributed by atoms with E-state index in [1.54, 1.807) is 4.68 Å². The Bertz CT molecular complexity index is 990. The Morgan fingerprint density at radius 1 is 1.20 bits per heavy atom. The van der Waals surface area contributed by atoms with E-state index < -0.39 is 0 Å². The third-order valence-electron chi connectivity index (χ3n) is 5.13. The van der Waals surface area contributed by atoms with Gasteiger partial charge in [-0.1, -0.05) is 48.0 Å². The molecule has 0 saturated heterocycles. The molecule has 0 radical (unpaired) electrons. The summed E-state index contributed by atoms with van der Waals surface area (Å²) in [7, 11) is 1.83. The molecule has 2 heterocycles. The largest absolute Gasteiger partial charge is 0.307 e. The van der Waals surface area contributed by atoms with E-state index in [4.69, 9.17) is 0 Å². The normalized spacial score (nSPS) is 16.1. The van der Waals surface area contributed by atoms with Crippen LogP contribution in [0.5, 0.6) is 0 Å². The fraction of sp³-hybridized carbons (Fsp3) is 0.300. The molecule has 1 aliphatic rings. The van der Waals surface area contributed by atoms with Crippen LogP contribution in [0, 0.1) is 0 Å². The van der Waals surface area contributed by atoms with Crippen molar-refractivity contribution in [3.63, 3.8) is 0 Å². The van der Waals surface area contributed by atoms with E-state index in [0.29, 0.717) is 12.2 Å². The van der Waals surface area contributed by atoms with Gasteiger partial charge in [0.15, 0.2) is 0 Å². The standard InChI is InChI=1S/C20H20BrN3O/c1-20(2)10-11-24(17-7-5-4-6-15(17)20)19(25)18-14-9-8-13(21)12-16(14)22-23(18)3/h4-9,12H,10-11H2,1-3H3. The molecule has 0 atom stereocenters. The maximum atomic E-state index is 13.4. The Morgan fingerprint density at radius 3 is 2.76 bits per heavy atom. The molecule has 3 aromatic rings. The SMILES string of the molecule is Cn1nc2cc(Br)ccc2c1C(=O)N1CCC(C)(C)c2ccccc21. The second kappa shape index (κ2) is 5.70. The van der Waals surface area contributed by atoms with Crippen LogP contribution in [0.1, 0.15) is 36.3 Å². The second-order valence-electron chi connectivity index (χ2n) is 7.24. The van der Waals surface area contributed by atoms with Gasteiger partial charge >= 0.3 is 0 Å². The summed E-state index contributed by atoms with van der Waals surface area (Å²) in [5.74, 6) is 0.00951. The molecule has 0 aliphatic carbocycles. The fourth-order valence-electron chi connectivity index (χ4n) is 3.69. The van der Waals surface area contributed by atoms with Crippen LogP contribution in [0.15, 0.2) is 46.9 Å². The van der Waals surface area contributed by atoms with Gasteiger partial charge in [-0.15, -0.1) is 0 Å². The van der Waals surface area contributed by atoms with Crippen LogP contribution in [0.25, 0.3) is 10.9 Å². The summed E-state index contributed by atoms with van der Waals surface area (Å²) in [5, 5.41) is 5.40. The molecule has 1 aromatic heterocycles. The number of hydrogen-bond donors (Lipinski definition) is 0. The van der Waals surface area contributed by atoms with Crippen LogP contribution in [0.2, 0.25) is 0 Å². The molecular weight excluding hydrogens is 378 g/mol. The number of halogens is 1. The van der Waals surface area contributed by atoms with Crippen molar-refractivity contribution >= 4 is 38.4 Å². The number of fused-ring (bicyclic) bond motifs is 2. The molecular formula is C20H20BrN3O. The van der Waals surface area contributed by atoms with Gasteiger partial charge in [0.2, 0.25) is 0 Å². The summed E-state index contributed by atoms with van der Waals surface area (Å²) >= 11 is 3.47. The maximum absolute atomic E-state index is 13.4. The van der Waals surface area contributed by atoms with Gasteiger partial charge in [-0.25, -0.2) is 0 Å². The van der Waals surface area contributed by atoms with Crippen molar-refractivity contribution in [1.82, 2.24) is 9.78 Å². The van der Waals surface area contributed by atoms with Gasteiger partial charge in [0.05, 0.1) is 5.52 Å². The number of carbonyl (C=O) groups is 1. The highest BCUT2D eigenvalue weighted by molar-refractivity contribution is 9.10. The molecule has 0 saturated carbocycles.